The van der Waals surface area contributed by atoms with E-state index < -0.39 is 0 Å². The van der Waals surface area contributed by atoms with E-state index in [1.54, 1.807) is 11.3 Å². The van der Waals surface area contributed by atoms with Gasteiger partial charge in [-0.2, -0.15) is 0 Å². The number of hydrogen-bond donors (Lipinski definition) is 0. The van der Waals surface area contributed by atoms with Crippen LogP contribution >= 0.6 is 11.3 Å². The molecule has 2 aliphatic rings. The summed E-state index contributed by atoms with van der Waals surface area (Å²) < 4.78 is 6.05. The Balaban J connectivity index is 1.29. The van der Waals surface area contributed by atoms with Gasteiger partial charge in [-0.1, -0.05) is 0 Å². The molecule has 1 aliphatic heterocycles. The molecule has 7 rings (SSSR count). The monoisotopic (exact) mass is 603 g/mol. The number of thiophene rings is 1. The molecule has 2 aromatic heterocycles. The van der Waals surface area contributed by atoms with E-state index in [-0.39, 0.29) is 41.0 Å². The van der Waals surface area contributed by atoms with Crippen LogP contribution in [-0.2, 0) is 0 Å². The number of aryl methyl sites for hydroxylation is 1. The summed E-state index contributed by atoms with van der Waals surface area (Å²) in [6.07, 6.45) is 1.83. The van der Waals surface area contributed by atoms with Crippen LogP contribution in [0.15, 0.2) is 84.4 Å². The van der Waals surface area contributed by atoms with Gasteiger partial charge in [-0.15, -0.1) is 0 Å². The molecule has 3 nitrogen and oxygen atoms in total. The van der Waals surface area contributed by atoms with Crippen molar-refractivity contribution in [1.82, 2.24) is 0 Å². The second-order valence-electron chi connectivity index (χ2n) is 8.56. The van der Waals surface area contributed by atoms with E-state index in [1.165, 1.54) is 29.7 Å². The van der Waals surface area contributed by atoms with Crippen molar-refractivity contribution < 1.29 is 9.59 Å². The minimum atomic E-state index is -0.155. The number of hydrogen-bond acceptors (Lipinski definition) is 4. The van der Waals surface area contributed by atoms with Gasteiger partial charge in [0.15, 0.2) is 0 Å². The van der Waals surface area contributed by atoms with Crippen LogP contribution in [-0.4, -0.2) is 41.0 Å². The van der Waals surface area contributed by atoms with Gasteiger partial charge < -0.3 is 0 Å². The summed E-state index contributed by atoms with van der Waals surface area (Å²) in [7, 11) is 0. The zero-order valence-corrected chi connectivity index (χ0v) is 22.8. The van der Waals surface area contributed by atoms with Crippen LogP contribution in [0.3, 0.4) is 0 Å². The van der Waals surface area contributed by atoms with E-state index in [9.17, 15) is 9.59 Å². The number of para-hydroxylation sites is 2. The molecule has 0 atom stereocenters. The van der Waals surface area contributed by atoms with Crippen molar-refractivity contribution in [1.29, 1.82) is 0 Å². The third kappa shape index (κ3) is 3.37. The van der Waals surface area contributed by atoms with Crippen molar-refractivity contribution in [2.75, 3.05) is 4.90 Å². The third-order valence-corrected chi connectivity index (χ3v) is 11.8. The third-order valence-electron chi connectivity index (χ3n) is 6.31. The average Bonchev–Trinajstić information content (AvgIpc) is 3.54. The first-order chi connectivity index (χ1) is 17.1. The van der Waals surface area contributed by atoms with Crippen molar-refractivity contribution in [2.45, 2.75) is 6.92 Å². The molecule has 0 amide bonds. The number of Topliss-reactive ketones (excluding diaryl/α,β-unsaturated/α-hetero) is 2. The maximum absolute atomic E-state index is 13.2. The van der Waals surface area contributed by atoms with Crippen LogP contribution < -0.4 is 13.8 Å². The van der Waals surface area contributed by atoms with Gasteiger partial charge in [0.1, 0.15) is 0 Å². The fourth-order valence-electron chi connectivity index (χ4n) is 4.74. The Hall–Kier alpha value is -2.98. The molecule has 1 aliphatic carbocycles. The van der Waals surface area contributed by atoms with E-state index in [1.807, 2.05) is 25.1 Å². The number of carbonyl (C=O) groups excluding carboxylic acids is 2. The van der Waals surface area contributed by atoms with Gasteiger partial charge in [-0.05, 0) is 0 Å². The summed E-state index contributed by atoms with van der Waals surface area (Å²) in [6.45, 7) is 2.05. The van der Waals surface area contributed by atoms with Gasteiger partial charge in [0.25, 0.3) is 0 Å². The Bertz CT molecular complexity index is 1640. The van der Waals surface area contributed by atoms with E-state index >= 15 is 0 Å². The second-order valence-corrected chi connectivity index (χ2v) is 14.4. The van der Waals surface area contributed by atoms with Gasteiger partial charge in [0.05, 0.1) is 0 Å². The molecule has 0 fully saturated rings. The van der Waals surface area contributed by atoms with Crippen LogP contribution in [0.1, 0.15) is 30.0 Å². The van der Waals surface area contributed by atoms with E-state index in [0.717, 1.165) is 14.5 Å². The number of carbonyl (C=O) groups is 2. The Morgan fingerprint density at radius 1 is 0.800 bits per heavy atom. The number of nitrogens with zero attached hydrogens (tertiary/aromatic N) is 1. The number of rotatable bonds is 2. The molecule has 3 heterocycles. The normalized spacial score (nSPS) is 15.6. The zero-order chi connectivity index (χ0) is 23.7. The summed E-state index contributed by atoms with van der Waals surface area (Å²) in [5.74, 6) is -0.309. The number of benzene rings is 3. The topological polar surface area (TPSA) is 37.4 Å². The average molecular weight is 601 g/mol. The van der Waals surface area contributed by atoms with Gasteiger partial charge in [-0.3, -0.25) is 0 Å². The SMILES string of the molecule is Cc1cc2cc3c(cc2s1)C(=O)/C(=C/c1ccc(N2c4ccccc4[Se]c4ccccc42)[se]1)C3=O. The molecular formula is C29H17NO2SSe2. The molecule has 0 bridgehead atoms. The molecule has 0 saturated heterocycles. The molecule has 35 heavy (non-hydrogen) atoms. The summed E-state index contributed by atoms with van der Waals surface area (Å²) in [6, 6.07) is 27.3. The first-order valence-corrected chi connectivity index (χ1v) is 15.4. The fourth-order valence-corrected chi connectivity index (χ4v) is 9.96. The molecule has 6 heteroatoms. The van der Waals surface area contributed by atoms with Gasteiger partial charge >= 0.3 is 220 Å². The molecular weight excluding hydrogens is 584 g/mol. The molecule has 0 saturated carbocycles. The molecule has 0 radical (unpaired) electrons. The number of anilines is 3. The van der Waals surface area contributed by atoms with Crippen LogP contribution in [0, 0.1) is 6.92 Å². The summed E-state index contributed by atoms with van der Waals surface area (Å²) in [4.78, 5) is 30.0. The Morgan fingerprint density at radius 3 is 2.17 bits per heavy atom. The Morgan fingerprint density at radius 2 is 1.46 bits per heavy atom. The number of allylic oxidation sites excluding steroid dienone is 1. The molecule has 5 aromatic rings. The quantitative estimate of drug-likeness (QED) is 0.156. The van der Waals surface area contributed by atoms with E-state index in [2.05, 4.69) is 71.6 Å². The standard InChI is InChI=1S/C29H17NO2SSe2/c1-16-12-17-13-19-20(15-24(17)33-16)29(32)21(28(19)31)14-18-10-11-27(34-18)30-22-6-2-4-8-25(22)35-26-9-5-3-7-23(26)30/h2-15H,1H3/b21-14+. The predicted octanol–water partition coefficient (Wildman–Crippen LogP) is 5.17. The van der Waals surface area contributed by atoms with Crippen LogP contribution in [0.2, 0.25) is 0 Å². The molecule has 0 unspecified atom stereocenters. The van der Waals surface area contributed by atoms with Gasteiger partial charge in [0.2, 0.25) is 0 Å². The van der Waals surface area contributed by atoms with Crippen LogP contribution in [0.4, 0.5) is 15.9 Å². The zero-order valence-electron chi connectivity index (χ0n) is 18.6. The van der Waals surface area contributed by atoms with Gasteiger partial charge in [-0.25, -0.2) is 0 Å². The summed E-state index contributed by atoms with van der Waals surface area (Å²) >= 11 is 1.91. The molecule has 3 aromatic carbocycles. The van der Waals surface area contributed by atoms with Crippen molar-refractivity contribution in [2.24, 2.45) is 0 Å². The van der Waals surface area contributed by atoms with Gasteiger partial charge in [0, 0.05) is 0 Å². The molecule has 0 N–H and O–H groups in total. The molecule has 0 spiro atoms. The van der Waals surface area contributed by atoms with Crippen molar-refractivity contribution >= 4 is 93.4 Å². The van der Waals surface area contributed by atoms with Crippen molar-refractivity contribution in [3.63, 3.8) is 0 Å². The number of ketones is 2. The van der Waals surface area contributed by atoms with E-state index in [0.29, 0.717) is 16.7 Å². The maximum atomic E-state index is 13.2. The second kappa shape index (κ2) is 8.02. The minimum absolute atomic E-state index is 0.0235. The van der Waals surface area contributed by atoms with E-state index in [4.69, 9.17) is 0 Å². The Kier molecular flexibility index (Phi) is 4.89. The molecule has 168 valence electrons. The van der Waals surface area contributed by atoms with Crippen LogP contribution in [0.25, 0.3) is 16.2 Å². The first kappa shape index (κ1) is 21.3. The predicted molar refractivity (Wildman–Crippen MR) is 146 cm³/mol. The van der Waals surface area contributed by atoms with Crippen molar-refractivity contribution in [3.8, 4) is 0 Å². The summed E-state index contributed by atoms with van der Waals surface area (Å²) in [5.41, 5.74) is 3.83. The first-order valence-electron chi connectivity index (χ1n) is 11.2. The van der Waals surface area contributed by atoms with Crippen LogP contribution in [0.5, 0.6) is 0 Å². The Labute approximate surface area is 218 Å². The fraction of sp³-hybridized carbons (Fsp3) is 0.0345. The number of fused-ring (bicyclic) bond motifs is 4. The summed E-state index contributed by atoms with van der Waals surface area (Å²) in [5, 5.41) is 1.03. The van der Waals surface area contributed by atoms with Crippen molar-refractivity contribution in [3.05, 3.63) is 105 Å².